The van der Waals surface area contributed by atoms with Gasteiger partial charge in [-0.05, 0) is 31.0 Å². The van der Waals surface area contributed by atoms with Gasteiger partial charge in [0.2, 0.25) is 0 Å². The van der Waals surface area contributed by atoms with Crippen LogP contribution in [0.15, 0.2) is 24.3 Å². The molecule has 0 unspecified atom stereocenters. The highest BCUT2D eigenvalue weighted by atomic mass is 79.9. The van der Waals surface area contributed by atoms with Crippen LogP contribution in [0.5, 0.6) is 0 Å². The number of halogens is 1. The number of hydrogen-bond donors (Lipinski definition) is 0. The average Bonchev–Trinajstić information content (AvgIpc) is 2.48. The minimum atomic E-state index is 0.273. The van der Waals surface area contributed by atoms with Gasteiger partial charge in [-0.2, -0.15) is 5.26 Å². The zero-order valence-corrected chi connectivity index (χ0v) is 12.8. The second-order valence-corrected chi connectivity index (χ2v) is 5.82. The molecule has 1 heterocycles. The summed E-state index contributed by atoms with van der Waals surface area (Å²) in [7, 11) is 2.09. The van der Waals surface area contributed by atoms with Crippen molar-refractivity contribution in [3.05, 3.63) is 29.8 Å². The maximum atomic E-state index is 8.97. The first-order valence-corrected chi connectivity index (χ1v) is 7.66. The number of ether oxygens (including phenoxy) is 1. The zero-order valence-electron chi connectivity index (χ0n) is 11.2. The third-order valence-electron chi connectivity index (χ3n) is 3.83. The van der Waals surface area contributed by atoms with Gasteiger partial charge in [-0.1, -0.05) is 22.0 Å². The number of nitriles is 1. The molecule has 2 rings (SSSR count). The van der Waals surface area contributed by atoms with Gasteiger partial charge in [-0.15, -0.1) is 0 Å². The fourth-order valence-electron chi connectivity index (χ4n) is 2.55. The Morgan fingerprint density at radius 2 is 2.16 bits per heavy atom. The van der Waals surface area contributed by atoms with Crippen LogP contribution in [0, 0.1) is 16.7 Å². The minimum Gasteiger partial charge on any atom is -0.381 e. The highest BCUT2D eigenvalue weighted by molar-refractivity contribution is 9.09. The minimum absolute atomic E-state index is 0.273. The molecule has 1 aromatic carbocycles. The lowest BCUT2D eigenvalue weighted by atomic mass is 9.82. The van der Waals surface area contributed by atoms with Crippen molar-refractivity contribution in [2.75, 3.05) is 37.0 Å². The molecule has 1 saturated heterocycles. The third kappa shape index (κ3) is 3.49. The highest BCUT2D eigenvalue weighted by Gasteiger charge is 2.32. The number of benzene rings is 1. The lowest BCUT2D eigenvalue weighted by Crippen LogP contribution is -2.41. The topological polar surface area (TPSA) is 36.3 Å². The van der Waals surface area contributed by atoms with Crippen molar-refractivity contribution in [2.45, 2.75) is 12.8 Å². The molecule has 19 heavy (non-hydrogen) atoms. The molecule has 102 valence electrons. The molecule has 1 aromatic rings. The van der Waals surface area contributed by atoms with Crippen LogP contribution in [0.3, 0.4) is 0 Å². The van der Waals surface area contributed by atoms with Crippen LogP contribution in [-0.2, 0) is 4.74 Å². The second-order valence-electron chi connectivity index (χ2n) is 5.26. The van der Waals surface area contributed by atoms with Gasteiger partial charge < -0.3 is 9.64 Å². The Bertz CT molecular complexity index is 463. The number of alkyl halides is 1. The highest BCUT2D eigenvalue weighted by Crippen LogP contribution is 2.34. The van der Waals surface area contributed by atoms with Crippen LogP contribution in [0.1, 0.15) is 18.4 Å². The van der Waals surface area contributed by atoms with E-state index in [9.17, 15) is 0 Å². The van der Waals surface area contributed by atoms with E-state index in [0.29, 0.717) is 5.56 Å². The van der Waals surface area contributed by atoms with Gasteiger partial charge in [-0.25, -0.2) is 0 Å². The van der Waals surface area contributed by atoms with Crippen LogP contribution in [0.25, 0.3) is 0 Å². The Morgan fingerprint density at radius 3 is 2.79 bits per heavy atom. The summed E-state index contributed by atoms with van der Waals surface area (Å²) in [6.45, 7) is 2.67. The average molecular weight is 323 g/mol. The van der Waals surface area contributed by atoms with Crippen molar-refractivity contribution < 1.29 is 4.74 Å². The molecule has 0 radical (unpaired) electrons. The predicted molar refractivity (Wildman–Crippen MR) is 80.7 cm³/mol. The van der Waals surface area contributed by atoms with Crippen LogP contribution < -0.4 is 4.90 Å². The number of anilines is 1. The molecule has 0 N–H and O–H groups in total. The van der Waals surface area contributed by atoms with Crippen LogP contribution >= 0.6 is 15.9 Å². The van der Waals surface area contributed by atoms with E-state index in [1.54, 1.807) is 0 Å². The summed E-state index contributed by atoms with van der Waals surface area (Å²) < 4.78 is 5.47. The summed E-state index contributed by atoms with van der Waals surface area (Å²) in [5.41, 5.74) is 2.09. The molecular formula is C15H19BrN2O. The maximum absolute atomic E-state index is 8.97. The molecule has 0 aromatic heterocycles. The first-order chi connectivity index (χ1) is 9.19. The van der Waals surface area contributed by atoms with Gasteiger partial charge in [0, 0.05) is 43.2 Å². The van der Waals surface area contributed by atoms with E-state index in [1.165, 1.54) is 0 Å². The molecule has 0 saturated carbocycles. The smallest absolute Gasteiger partial charge is 0.0992 e. The van der Waals surface area contributed by atoms with Gasteiger partial charge >= 0.3 is 0 Å². The van der Waals surface area contributed by atoms with Crippen molar-refractivity contribution in [2.24, 2.45) is 5.41 Å². The Morgan fingerprint density at radius 1 is 1.42 bits per heavy atom. The molecule has 4 heteroatoms. The fourth-order valence-corrected chi connectivity index (χ4v) is 3.28. The molecule has 0 aliphatic carbocycles. The zero-order chi connectivity index (χ0) is 13.7. The van der Waals surface area contributed by atoms with Gasteiger partial charge in [-0.3, -0.25) is 0 Å². The molecule has 0 atom stereocenters. The fraction of sp³-hybridized carbons (Fsp3) is 0.533. The molecule has 0 spiro atoms. The molecule has 0 bridgehead atoms. The summed E-state index contributed by atoms with van der Waals surface area (Å²) >= 11 is 3.66. The molecule has 1 aliphatic heterocycles. The number of rotatable bonds is 4. The predicted octanol–water partition coefficient (Wildman–Crippen LogP) is 3.19. The molecule has 1 fully saturated rings. The lowest BCUT2D eigenvalue weighted by Gasteiger charge is -2.39. The van der Waals surface area contributed by atoms with Crippen LogP contribution in [-0.4, -0.2) is 32.1 Å². The Kier molecular flexibility index (Phi) is 4.84. The first-order valence-electron chi connectivity index (χ1n) is 6.54. The monoisotopic (exact) mass is 322 g/mol. The standard InChI is InChI=1S/C15H19BrN2O/c1-18(14-4-2-3-13(9-14)10-17)12-15(11-16)5-7-19-8-6-15/h2-4,9H,5-8,11-12H2,1H3. The summed E-state index contributed by atoms with van der Waals surface area (Å²) in [5, 5.41) is 9.96. The summed E-state index contributed by atoms with van der Waals surface area (Å²) in [4.78, 5) is 2.24. The van der Waals surface area contributed by atoms with E-state index in [-0.39, 0.29) is 5.41 Å². The van der Waals surface area contributed by atoms with E-state index >= 15 is 0 Å². The van der Waals surface area contributed by atoms with Gasteiger partial charge in [0.25, 0.3) is 0 Å². The Balaban J connectivity index is 2.10. The quantitative estimate of drug-likeness (QED) is 0.799. The van der Waals surface area contributed by atoms with Crippen molar-refractivity contribution in [1.82, 2.24) is 0 Å². The van der Waals surface area contributed by atoms with Crippen molar-refractivity contribution in [3.8, 4) is 6.07 Å². The SMILES string of the molecule is CN(CC1(CBr)CCOCC1)c1cccc(C#N)c1. The molecular weight excluding hydrogens is 304 g/mol. The van der Waals surface area contributed by atoms with Gasteiger partial charge in [0.1, 0.15) is 0 Å². The van der Waals surface area contributed by atoms with Crippen molar-refractivity contribution in [3.63, 3.8) is 0 Å². The van der Waals surface area contributed by atoms with Gasteiger partial charge in [0.05, 0.1) is 11.6 Å². The van der Waals surface area contributed by atoms with E-state index < -0.39 is 0 Å². The molecule has 1 aliphatic rings. The summed E-state index contributed by atoms with van der Waals surface area (Å²) in [5.74, 6) is 0. The normalized spacial score (nSPS) is 17.7. The third-order valence-corrected chi connectivity index (χ3v) is 5.02. The van der Waals surface area contributed by atoms with Crippen molar-refractivity contribution >= 4 is 21.6 Å². The van der Waals surface area contributed by atoms with E-state index in [0.717, 1.165) is 43.6 Å². The van der Waals surface area contributed by atoms with E-state index in [1.807, 2.05) is 18.2 Å². The van der Waals surface area contributed by atoms with Gasteiger partial charge in [0.15, 0.2) is 0 Å². The Hall–Kier alpha value is -1.05. The second kappa shape index (κ2) is 6.40. The van der Waals surface area contributed by atoms with Crippen LogP contribution in [0.2, 0.25) is 0 Å². The maximum Gasteiger partial charge on any atom is 0.0992 e. The Labute approximate surface area is 123 Å². The molecule has 3 nitrogen and oxygen atoms in total. The van der Waals surface area contributed by atoms with E-state index in [4.69, 9.17) is 10.00 Å². The first kappa shape index (κ1) is 14.4. The number of hydrogen-bond acceptors (Lipinski definition) is 3. The number of nitrogens with zero attached hydrogens (tertiary/aromatic N) is 2. The van der Waals surface area contributed by atoms with E-state index in [2.05, 4.69) is 40.0 Å². The lowest BCUT2D eigenvalue weighted by molar-refractivity contribution is 0.0304. The molecule has 0 amide bonds. The largest absolute Gasteiger partial charge is 0.381 e. The van der Waals surface area contributed by atoms with Crippen LogP contribution in [0.4, 0.5) is 5.69 Å². The van der Waals surface area contributed by atoms with Crippen molar-refractivity contribution in [1.29, 1.82) is 5.26 Å². The summed E-state index contributed by atoms with van der Waals surface area (Å²) in [6.07, 6.45) is 2.17. The summed E-state index contributed by atoms with van der Waals surface area (Å²) in [6, 6.07) is 9.98.